The average molecular weight is 451 g/mol. The summed E-state index contributed by atoms with van der Waals surface area (Å²) in [7, 11) is 3.42. The van der Waals surface area contributed by atoms with Crippen LogP contribution in [-0.4, -0.2) is 5.52 Å². The zero-order valence-corrected chi connectivity index (χ0v) is 17.0. The van der Waals surface area contributed by atoms with E-state index in [0.717, 1.165) is 11.8 Å². The van der Waals surface area contributed by atoms with Crippen LogP contribution in [0.5, 0.6) is 0 Å². The fourth-order valence-corrected chi connectivity index (χ4v) is 24.9. The van der Waals surface area contributed by atoms with Gasteiger partial charge >= 0.3 is 137 Å². The topological polar surface area (TPSA) is 17.1 Å². The van der Waals surface area contributed by atoms with Gasteiger partial charge in [0, 0.05) is 0 Å². The summed E-state index contributed by atoms with van der Waals surface area (Å²) < 4.78 is 0. The molecule has 0 aromatic heterocycles. The van der Waals surface area contributed by atoms with Crippen LogP contribution >= 0.6 is 28.4 Å². The summed E-state index contributed by atoms with van der Waals surface area (Å²) >= 11 is 0.158. The van der Waals surface area contributed by atoms with Crippen molar-refractivity contribution in [1.82, 2.24) is 0 Å². The molecule has 2 aromatic carbocycles. The van der Waals surface area contributed by atoms with Gasteiger partial charge in [0.2, 0.25) is 0 Å². The first-order valence-corrected chi connectivity index (χ1v) is 18.0. The molecule has 0 N–H and O–H groups in total. The van der Waals surface area contributed by atoms with Crippen molar-refractivity contribution in [3.05, 3.63) is 71.8 Å². The Labute approximate surface area is 136 Å². The maximum absolute atomic E-state index is 12.1. The van der Waals surface area contributed by atoms with Crippen molar-refractivity contribution >= 4 is 33.9 Å². The van der Waals surface area contributed by atoms with E-state index in [1.54, 1.807) is 0 Å². The Hall–Kier alpha value is 0.560. The molecule has 0 aliphatic heterocycles. The number of hydrogen-bond acceptors (Lipinski definition) is 1. The molecule has 6 heteroatoms. The van der Waals surface area contributed by atoms with Gasteiger partial charge in [-0.15, -0.1) is 0 Å². The van der Waals surface area contributed by atoms with Crippen molar-refractivity contribution in [3.8, 4) is 0 Å². The second kappa shape index (κ2) is 9.55. The molecule has 4 atom stereocenters. The van der Waals surface area contributed by atoms with E-state index in [-0.39, 0.29) is 25.0 Å². The summed E-state index contributed by atoms with van der Waals surface area (Å²) in [5, 5.41) is 0. The van der Waals surface area contributed by atoms with E-state index < -0.39 is 0 Å². The van der Waals surface area contributed by atoms with Crippen LogP contribution in [0.1, 0.15) is 15.9 Å². The predicted octanol–water partition coefficient (Wildman–Crippen LogP) is 2.49. The SMILES string of the molecule is O=C(PP(P)[I-]PCc1ccccc1)c1ccccc1. The second-order valence-electron chi connectivity index (χ2n) is 4.00. The molecular weight excluding hydrogens is 435 g/mol. The molecule has 0 fully saturated rings. The van der Waals surface area contributed by atoms with Crippen LogP contribution in [0.3, 0.4) is 0 Å². The molecule has 0 saturated carbocycles. The molecule has 106 valence electrons. The van der Waals surface area contributed by atoms with E-state index in [4.69, 9.17) is 0 Å². The van der Waals surface area contributed by atoms with Crippen LogP contribution in [0, 0.1) is 0 Å². The molecule has 0 saturated heterocycles. The summed E-state index contributed by atoms with van der Waals surface area (Å²) in [6.45, 7) is 0. The monoisotopic (exact) mass is 451 g/mol. The van der Waals surface area contributed by atoms with Gasteiger partial charge in [0.15, 0.2) is 0 Å². The van der Waals surface area contributed by atoms with Gasteiger partial charge in [-0.1, -0.05) is 0 Å². The number of halogens is 1. The fourth-order valence-electron chi connectivity index (χ4n) is 1.54. The Morgan fingerprint density at radius 1 is 1.05 bits per heavy atom. The van der Waals surface area contributed by atoms with E-state index in [1.807, 2.05) is 30.3 Å². The van der Waals surface area contributed by atoms with Gasteiger partial charge in [0.05, 0.1) is 0 Å². The normalized spacial score (nSPS) is 13.4. The zero-order chi connectivity index (χ0) is 14.2. The summed E-state index contributed by atoms with van der Waals surface area (Å²) in [6, 6.07) is 20.3. The van der Waals surface area contributed by atoms with E-state index in [0.29, 0.717) is 13.8 Å². The third kappa shape index (κ3) is 6.13. The molecule has 2 rings (SSSR count). The average Bonchev–Trinajstić information content (AvgIpc) is 2.49. The van der Waals surface area contributed by atoms with E-state index >= 15 is 0 Å². The van der Waals surface area contributed by atoms with Gasteiger partial charge in [-0.05, 0) is 0 Å². The minimum atomic E-state index is -0.123. The van der Waals surface area contributed by atoms with Crippen molar-refractivity contribution in [2.75, 3.05) is 0 Å². The van der Waals surface area contributed by atoms with Gasteiger partial charge in [-0.25, -0.2) is 0 Å². The number of carbonyl (C=O) groups excluding carboxylic acids is 1. The molecule has 1 nitrogen and oxygen atoms in total. The Balaban J connectivity index is 1.73. The summed E-state index contributed by atoms with van der Waals surface area (Å²) in [6.07, 6.45) is 2.21. The quantitative estimate of drug-likeness (QED) is 0.468. The van der Waals surface area contributed by atoms with Crippen molar-refractivity contribution in [2.45, 2.75) is 6.16 Å². The third-order valence-electron chi connectivity index (χ3n) is 2.51. The van der Waals surface area contributed by atoms with Gasteiger partial charge in [-0.2, -0.15) is 0 Å². The predicted molar refractivity (Wildman–Crippen MR) is 94.2 cm³/mol. The molecule has 4 unspecified atom stereocenters. The molecule has 0 aliphatic carbocycles. The van der Waals surface area contributed by atoms with Crippen molar-refractivity contribution in [3.63, 3.8) is 0 Å². The molecule has 2 aromatic rings. The van der Waals surface area contributed by atoms with Crippen molar-refractivity contribution < 1.29 is 24.9 Å². The minimum absolute atomic E-state index is 0.123. The third-order valence-corrected chi connectivity index (χ3v) is 29.4. The molecule has 0 heterocycles. The van der Waals surface area contributed by atoms with E-state index in [2.05, 4.69) is 39.3 Å². The van der Waals surface area contributed by atoms with E-state index in [9.17, 15) is 4.79 Å². The maximum atomic E-state index is 12.1. The molecule has 0 amide bonds. The molecule has 0 aliphatic rings. The second-order valence-corrected chi connectivity index (χ2v) is 27.4. The van der Waals surface area contributed by atoms with Crippen LogP contribution in [0.15, 0.2) is 60.7 Å². The van der Waals surface area contributed by atoms with Crippen LogP contribution < -0.4 is 20.1 Å². The molecule has 0 bridgehead atoms. The molecule has 20 heavy (non-hydrogen) atoms. The van der Waals surface area contributed by atoms with Crippen LogP contribution in [0.4, 0.5) is 0 Å². The number of rotatable bonds is 7. The van der Waals surface area contributed by atoms with Crippen LogP contribution in [0.2, 0.25) is 0 Å². The standard InChI is InChI=1S/C14H16IOP4/c16-14(13-9-5-2-6-10-13)19-20(17)15-18-11-12-7-3-1-4-8-12/h1-10,18-19H,11,17H2/q-1. The summed E-state index contributed by atoms with van der Waals surface area (Å²) in [5.74, 6) is 0. The van der Waals surface area contributed by atoms with E-state index in [1.165, 1.54) is 11.7 Å². The fraction of sp³-hybridized carbons (Fsp3) is 0.0714. The molecule has 0 radical (unpaired) electrons. The summed E-state index contributed by atoms with van der Waals surface area (Å²) in [4.78, 5) is 12.0. The van der Waals surface area contributed by atoms with Crippen LogP contribution in [0.25, 0.3) is 0 Å². The molecular formula is C14H16IOP4-. The Morgan fingerprint density at radius 2 is 1.65 bits per heavy atom. The molecule has 0 spiro atoms. The number of carbonyl (C=O) groups is 1. The van der Waals surface area contributed by atoms with Gasteiger partial charge in [0.25, 0.3) is 0 Å². The first-order chi connectivity index (χ1) is 9.75. The number of hydrogen-bond donors (Lipinski definition) is 0. The summed E-state index contributed by atoms with van der Waals surface area (Å²) in [5.41, 5.74) is 2.63. The Kier molecular flexibility index (Phi) is 8.08. The first kappa shape index (κ1) is 16.9. The van der Waals surface area contributed by atoms with Gasteiger partial charge in [-0.3, -0.25) is 0 Å². The van der Waals surface area contributed by atoms with Gasteiger partial charge in [0.1, 0.15) is 0 Å². The number of benzene rings is 2. The Morgan fingerprint density at radius 3 is 2.30 bits per heavy atom. The zero-order valence-electron chi connectivity index (χ0n) is 10.8. The van der Waals surface area contributed by atoms with Gasteiger partial charge < -0.3 is 0 Å². The van der Waals surface area contributed by atoms with Crippen molar-refractivity contribution in [1.29, 1.82) is 0 Å². The first-order valence-electron chi connectivity index (χ1n) is 6.07. The van der Waals surface area contributed by atoms with Crippen molar-refractivity contribution in [2.24, 2.45) is 0 Å². The van der Waals surface area contributed by atoms with Crippen LogP contribution in [-0.2, 0) is 6.16 Å². The Bertz CT molecular complexity index is 535.